The fraction of sp³-hybridized carbons (Fsp3) is 0.115. The van der Waals surface area contributed by atoms with Gasteiger partial charge in [-0.3, -0.25) is 14.5 Å². The van der Waals surface area contributed by atoms with Crippen LogP contribution in [0.15, 0.2) is 88.1 Å². The summed E-state index contributed by atoms with van der Waals surface area (Å²) >= 11 is 1.39. The van der Waals surface area contributed by atoms with Crippen molar-refractivity contribution in [1.29, 1.82) is 0 Å². The van der Waals surface area contributed by atoms with Gasteiger partial charge in [-0.25, -0.2) is 4.98 Å². The second-order valence-corrected chi connectivity index (χ2v) is 8.42. The lowest BCUT2D eigenvalue weighted by Crippen LogP contribution is -2.31. The van der Waals surface area contributed by atoms with Gasteiger partial charge in [-0.2, -0.15) is 0 Å². The van der Waals surface area contributed by atoms with Crippen molar-refractivity contribution in [3.8, 4) is 5.75 Å². The first-order valence-electron chi connectivity index (χ1n) is 10.5. The van der Waals surface area contributed by atoms with Crippen LogP contribution in [-0.2, 0) is 6.54 Å². The second-order valence-electron chi connectivity index (χ2n) is 7.41. The average Bonchev–Trinajstić information content (AvgIpc) is 3.26. The number of fused-ring (bicyclic) bond motifs is 2. The molecular formula is C26H20N2O4S. The molecule has 0 aliphatic carbocycles. The molecule has 0 unspecified atom stereocenters. The Morgan fingerprint density at radius 3 is 2.64 bits per heavy atom. The quantitative estimate of drug-likeness (QED) is 0.330. The molecule has 0 atom stereocenters. The van der Waals surface area contributed by atoms with Crippen LogP contribution in [0.4, 0.5) is 5.13 Å². The van der Waals surface area contributed by atoms with Crippen molar-refractivity contribution in [3.63, 3.8) is 0 Å². The number of hydrogen-bond acceptors (Lipinski definition) is 6. The van der Waals surface area contributed by atoms with Gasteiger partial charge in [-0.1, -0.05) is 53.8 Å². The fourth-order valence-corrected chi connectivity index (χ4v) is 4.59. The van der Waals surface area contributed by atoms with Crippen molar-refractivity contribution in [3.05, 3.63) is 100 Å². The lowest BCUT2D eigenvalue weighted by molar-refractivity contribution is 0.0959. The molecule has 0 saturated carbocycles. The molecule has 0 spiro atoms. The van der Waals surface area contributed by atoms with E-state index in [0.29, 0.717) is 22.7 Å². The molecular weight excluding hydrogens is 436 g/mol. The molecule has 164 valence electrons. The van der Waals surface area contributed by atoms with Gasteiger partial charge in [0.25, 0.3) is 5.91 Å². The lowest BCUT2D eigenvalue weighted by atomic mass is 10.2. The van der Waals surface area contributed by atoms with Gasteiger partial charge in [0, 0.05) is 6.07 Å². The van der Waals surface area contributed by atoms with Crippen LogP contribution in [0, 0.1) is 0 Å². The average molecular weight is 457 g/mol. The van der Waals surface area contributed by atoms with Crippen LogP contribution in [0.5, 0.6) is 5.75 Å². The minimum Gasteiger partial charge on any atom is -0.494 e. The fourth-order valence-electron chi connectivity index (χ4n) is 3.60. The predicted octanol–water partition coefficient (Wildman–Crippen LogP) is 5.65. The summed E-state index contributed by atoms with van der Waals surface area (Å²) in [5.74, 6) is 0.302. The number of hydrogen-bond donors (Lipinski definition) is 0. The monoisotopic (exact) mass is 456 g/mol. The molecule has 0 saturated heterocycles. The standard InChI is InChI=1S/C26H20N2O4S/c1-2-31-18-12-13-20-24(14-18)33-26(27-20)28(16-17-8-4-3-5-9-17)25(30)23-15-21(29)19-10-6-7-11-22(19)32-23/h3-15H,2,16H2,1H3. The molecule has 0 aliphatic heterocycles. The van der Waals surface area contributed by atoms with Gasteiger partial charge < -0.3 is 9.15 Å². The predicted molar refractivity (Wildman–Crippen MR) is 130 cm³/mol. The maximum atomic E-state index is 13.6. The van der Waals surface area contributed by atoms with Crippen LogP contribution in [0.1, 0.15) is 23.0 Å². The Kier molecular flexibility index (Phi) is 5.62. The highest BCUT2D eigenvalue weighted by Gasteiger charge is 2.25. The summed E-state index contributed by atoms with van der Waals surface area (Å²) in [4.78, 5) is 32.5. The van der Waals surface area contributed by atoms with Crippen LogP contribution < -0.4 is 15.1 Å². The minimum absolute atomic E-state index is 0.0242. The van der Waals surface area contributed by atoms with Gasteiger partial charge >= 0.3 is 0 Å². The number of amides is 1. The number of carbonyl (C=O) groups is 1. The van der Waals surface area contributed by atoms with Crippen LogP contribution in [0.3, 0.4) is 0 Å². The van der Waals surface area contributed by atoms with Gasteiger partial charge in [0.15, 0.2) is 16.3 Å². The molecule has 0 bridgehead atoms. The highest BCUT2D eigenvalue weighted by Crippen LogP contribution is 2.33. The highest BCUT2D eigenvalue weighted by molar-refractivity contribution is 7.22. The van der Waals surface area contributed by atoms with Gasteiger partial charge in [-0.15, -0.1) is 0 Å². The van der Waals surface area contributed by atoms with Gasteiger partial charge in [-0.05, 0) is 42.8 Å². The topological polar surface area (TPSA) is 72.6 Å². The molecule has 0 fully saturated rings. The molecule has 1 amide bonds. The van der Waals surface area contributed by atoms with E-state index in [1.807, 2.05) is 55.5 Å². The van der Waals surface area contributed by atoms with Crippen LogP contribution >= 0.6 is 11.3 Å². The molecule has 5 aromatic rings. The van der Waals surface area contributed by atoms with E-state index in [4.69, 9.17) is 14.1 Å². The molecule has 0 N–H and O–H groups in total. The first-order valence-corrected chi connectivity index (χ1v) is 11.4. The number of para-hydroxylation sites is 1. The van der Waals surface area contributed by atoms with Crippen molar-refractivity contribution < 1.29 is 13.9 Å². The Morgan fingerprint density at radius 2 is 1.82 bits per heavy atom. The lowest BCUT2D eigenvalue weighted by Gasteiger charge is -2.19. The third-order valence-electron chi connectivity index (χ3n) is 5.16. The Hall–Kier alpha value is -3.97. The number of benzene rings is 3. The molecule has 0 radical (unpaired) electrons. The number of aromatic nitrogens is 1. The highest BCUT2D eigenvalue weighted by atomic mass is 32.1. The van der Waals surface area contributed by atoms with E-state index in [2.05, 4.69) is 0 Å². The summed E-state index contributed by atoms with van der Waals surface area (Å²) in [5, 5.41) is 0.954. The maximum absolute atomic E-state index is 13.6. The minimum atomic E-state index is -0.425. The van der Waals surface area contributed by atoms with E-state index in [-0.39, 0.29) is 17.7 Å². The van der Waals surface area contributed by atoms with E-state index in [1.165, 1.54) is 17.4 Å². The van der Waals surface area contributed by atoms with E-state index in [0.717, 1.165) is 21.5 Å². The molecule has 5 rings (SSSR count). The first-order chi connectivity index (χ1) is 16.1. The number of carbonyl (C=O) groups excluding carboxylic acids is 1. The summed E-state index contributed by atoms with van der Waals surface area (Å²) in [6, 6.07) is 23.4. The molecule has 7 heteroatoms. The van der Waals surface area contributed by atoms with Crippen molar-refractivity contribution in [2.24, 2.45) is 0 Å². The Labute approximate surface area is 193 Å². The smallest absolute Gasteiger partial charge is 0.296 e. The Bertz CT molecular complexity index is 1510. The third-order valence-corrected chi connectivity index (χ3v) is 6.21. The number of rotatable bonds is 6. The zero-order valence-corrected chi connectivity index (χ0v) is 18.7. The van der Waals surface area contributed by atoms with Crippen molar-refractivity contribution in [2.45, 2.75) is 13.5 Å². The van der Waals surface area contributed by atoms with Crippen LogP contribution in [-0.4, -0.2) is 17.5 Å². The third kappa shape index (κ3) is 4.23. The van der Waals surface area contributed by atoms with Crippen molar-refractivity contribution >= 4 is 43.6 Å². The molecule has 2 heterocycles. The SMILES string of the molecule is CCOc1ccc2nc(N(Cc3ccccc3)C(=O)c3cc(=O)c4ccccc4o3)sc2c1. The zero-order chi connectivity index (χ0) is 22.8. The maximum Gasteiger partial charge on any atom is 0.296 e. The largest absolute Gasteiger partial charge is 0.494 e. The van der Waals surface area contributed by atoms with Crippen molar-refractivity contribution in [1.82, 2.24) is 4.98 Å². The number of thiazole rings is 1. The normalized spacial score (nSPS) is 11.1. The van der Waals surface area contributed by atoms with Gasteiger partial charge in [0.05, 0.1) is 28.8 Å². The number of nitrogens with zero attached hydrogens (tertiary/aromatic N) is 2. The molecule has 2 aromatic heterocycles. The van der Waals surface area contributed by atoms with Crippen LogP contribution in [0.25, 0.3) is 21.2 Å². The van der Waals surface area contributed by atoms with Crippen LogP contribution in [0.2, 0.25) is 0 Å². The van der Waals surface area contributed by atoms with Crippen molar-refractivity contribution in [2.75, 3.05) is 11.5 Å². The molecule has 3 aromatic carbocycles. The second kappa shape index (κ2) is 8.88. The summed E-state index contributed by atoms with van der Waals surface area (Å²) in [7, 11) is 0. The number of ether oxygens (including phenoxy) is 1. The summed E-state index contributed by atoms with van der Waals surface area (Å²) in [6.45, 7) is 2.78. The summed E-state index contributed by atoms with van der Waals surface area (Å²) in [5.41, 5.74) is 1.82. The van der Waals surface area contributed by atoms with Gasteiger partial charge in [0.2, 0.25) is 0 Å². The van der Waals surface area contributed by atoms with E-state index in [9.17, 15) is 9.59 Å². The first kappa shape index (κ1) is 20.9. The van der Waals surface area contributed by atoms with E-state index >= 15 is 0 Å². The zero-order valence-electron chi connectivity index (χ0n) is 17.9. The Balaban J connectivity index is 1.59. The molecule has 33 heavy (non-hydrogen) atoms. The van der Waals surface area contributed by atoms with Gasteiger partial charge in [0.1, 0.15) is 11.3 Å². The number of anilines is 1. The van der Waals surface area contributed by atoms with E-state index < -0.39 is 5.91 Å². The molecule has 6 nitrogen and oxygen atoms in total. The summed E-state index contributed by atoms with van der Waals surface area (Å²) in [6.07, 6.45) is 0. The van der Waals surface area contributed by atoms with E-state index in [1.54, 1.807) is 29.2 Å². The Morgan fingerprint density at radius 1 is 1.03 bits per heavy atom. The molecule has 0 aliphatic rings. The summed E-state index contributed by atoms with van der Waals surface area (Å²) < 4.78 is 12.3.